The molecule has 94 valence electrons. The van der Waals surface area contributed by atoms with E-state index in [9.17, 15) is 0 Å². The first kappa shape index (κ1) is 12.6. The van der Waals surface area contributed by atoms with E-state index in [1.165, 1.54) is 30.5 Å². The summed E-state index contributed by atoms with van der Waals surface area (Å²) >= 11 is 0. The maximum atomic E-state index is 5.80. The maximum Gasteiger partial charge on any atom is 0.0239 e. The molecule has 0 bridgehead atoms. The van der Waals surface area contributed by atoms with Gasteiger partial charge in [0.15, 0.2) is 0 Å². The van der Waals surface area contributed by atoms with Crippen molar-refractivity contribution in [2.24, 2.45) is 11.7 Å². The van der Waals surface area contributed by atoms with Crippen molar-refractivity contribution in [1.29, 1.82) is 0 Å². The third-order valence-electron chi connectivity index (χ3n) is 4.22. The third-order valence-corrected chi connectivity index (χ3v) is 4.22. The highest BCUT2D eigenvalue weighted by atomic mass is 15.2. The quantitative estimate of drug-likeness (QED) is 0.868. The van der Waals surface area contributed by atoms with Crippen molar-refractivity contribution in [3.63, 3.8) is 0 Å². The standard InChI is InChI=1S/C15H24N2/c1-12-6-5-9-17(13(12)2)11-15-8-4-3-7-14(15)10-16/h3-4,7-8,12-13H,5-6,9-11,16H2,1-2H3. The van der Waals surface area contributed by atoms with E-state index < -0.39 is 0 Å². The fourth-order valence-corrected chi connectivity index (χ4v) is 2.77. The molecule has 1 aliphatic rings. The fourth-order valence-electron chi connectivity index (χ4n) is 2.77. The van der Waals surface area contributed by atoms with Crippen LogP contribution in [0, 0.1) is 5.92 Å². The first-order chi connectivity index (χ1) is 8.22. The van der Waals surface area contributed by atoms with Crippen LogP contribution in [-0.4, -0.2) is 17.5 Å². The van der Waals surface area contributed by atoms with Gasteiger partial charge in [-0.2, -0.15) is 0 Å². The molecule has 1 heterocycles. The van der Waals surface area contributed by atoms with Crippen LogP contribution in [0.2, 0.25) is 0 Å². The lowest BCUT2D eigenvalue weighted by atomic mass is 9.91. The van der Waals surface area contributed by atoms with Crippen LogP contribution >= 0.6 is 0 Å². The van der Waals surface area contributed by atoms with Gasteiger partial charge in [-0.15, -0.1) is 0 Å². The van der Waals surface area contributed by atoms with Gasteiger partial charge in [0, 0.05) is 19.1 Å². The fraction of sp³-hybridized carbons (Fsp3) is 0.600. The van der Waals surface area contributed by atoms with E-state index in [0.717, 1.165) is 12.5 Å². The minimum atomic E-state index is 0.647. The molecular formula is C15H24N2. The lowest BCUT2D eigenvalue weighted by molar-refractivity contribution is 0.106. The van der Waals surface area contributed by atoms with Crippen molar-refractivity contribution in [3.8, 4) is 0 Å². The Hall–Kier alpha value is -0.860. The first-order valence-electron chi connectivity index (χ1n) is 6.73. The van der Waals surface area contributed by atoms with E-state index in [0.29, 0.717) is 12.6 Å². The monoisotopic (exact) mass is 232 g/mol. The second-order valence-electron chi connectivity index (χ2n) is 5.30. The molecule has 1 fully saturated rings. The van der Waals surface area contributed by atoms with E-state index in [4.69, 9.17) is 5.73 Å². The number of nitrogens with two attached hydrogens (primary N) is 1. The topological polar surface area (TPSA) is 29.3 Å². The summed E-state index contributed by atoms with van der Waals surface area (Å²) in [4.78, 5) is 2.60. The van der Waals surface area contributed by atoms with Crippen LogP contribution in [0.1, 0.15) is 37.8 Å². The molecule has 2 heteroatoms. The molecule has 1 aromatic carbocycles. The molecule has 2 rings (SSSR count). The van der Waals surface area contributed by atoms with Crippen molar-refractivity contribution >= 4 is 0 Å². The summed E-state index contributed by atoms with van der Waals surface area (Å²) in [7, 11) is 0. The van der Waals surface area contributed by atoms with Gasteiger partial charge in [-0.1, -0.05) is 31.2 Å². The molecule has 0 saturated carbocycles. The predicted molar refractivity (Wildman–Crippen MR) is 72.6 cm³/mol. The Morgan fingerprint density at radius 3 is 2.65 bits per heavy atom. The Labute approximate surface area is 105 Å². The maximum absolute atomic E-state index is 5.80. The SMILES string of the molecule is CC1CCCN(Cc2ccccc2CN)C1C. The Kier molecular flexibility index (Phi) is 4.19. The number of rotatable bonds is 3. The summed E-state index contributed by atoms with van der Waals surface area (Å²) in [5.41, 5.74) is 8.49. The largest absolute Gasteiger partial charge is 0.326 e. The van der Waals surface area contributed by atoms with Gasteiger partial charge in [0.05, 0.1) is 0 Å². The molecular weight excluding hydrogens is 208 g/mol. The van der Waals surface area contributed by atoms with Gasteiger partial charge in [-0.3, -0.25) is 4.90 Å². The van der Waals surface area contributed by atoms with Crippen molar-refractivity contribution in [2.45, 2.75) is 45.8 Å². The molecule has 2 atom stereocenters. The zero-order valence-corrected chi connectivity index (χ0v) is 11.0. The lowest BCUT2D eigenvalue weighted by Crippen LogP contribution is -2.41. The number of nitrogens with zero attached hydrogens (tertiary/aromatic N) is 1. The van der Waals surface area contributed by atoms with Crippen LogP contribution in [0.25, 0.3) is 0 Å². The van der Waals surface area contributed by atoms with Gasteiger partial charge in [0.25, 0.3) is 0 Å². The van der Waals surface area contributed by atoms with Gasteiger partial charge in [-0.05, 0) is 43.4 Å². The van der Waals surface area contributed by atoms with Gasteiger partial charge < -0.3 is 5.73 Å². The van der Waals surface area contributed by atoms with Crippen LogP contribution < -0.4 is 5.73 Å². The van der Waals surface area contributed by atoms with Crippen molar-refractivity contribution in [1.82, 2.24) is 4.90 Å². The van der Waals surface area contributed by atoms with Crippen LogP contribution in [0.15, 0.2) is 24.3 Å². The molecule has 0 radical (unpaired) electrons. The van der Waals surface area contributed by atoms with Crippen molar-refractivity contribution < 1.29 is 0 Å². The minimum Gasteiger partial charge on any atom is -0.326 e. The van der Waals surface area contributed by atoms with E-state index in [-0.39, 0.29) is 0 Å². The van der Waals surface area contributed by atoms with E-state index in [2.05, 4.69) is 43.0 Å². The van der Waals surface area contributed by atoms with E-state index in [1.807, 2.05) is 0 Å². The normalized spacial score (nSPS) is 26.1. The molecule has 0 spiro atoms. The van der Waals surface area contributed by atoms with Gasteiger partial charge in [-0.25, -0.2) is 0 Å². The lowest BCUT2D eigenvalue weighted by Gasteiger charge is -2.38. The minimum absolute atomic E-state index is 0.647. The highest BCUT2D eigenvalue weighted by Gasteiger charge is 2.24. The molecule has 17 heavy (non-hydrogen) atoms. The van der Waals surface area contributed by atoms with E-state index in [1.54, 1.807) is 0 Å². The summed E-state index contributed by atoms with van der Waals surface area (Å²) in [5, 5.41) is 0. The van der Waals surface area contributed by atoms with Crippen LogP contribution in [0.4, 0.5) is 0 Å². The van der Waals surface area contributed by atoms with Crippen LogP contribution in [0.5, 0.6) is 0 Å². The molecule has 1 saturated heterocycles. The molecule has 2 N–H and O–H groups in total. The van der Waals surface area contributed by atoms with Crippen LogP contribution in [-0.2, 0) is 13.1 Å². The average Bonchev–Trinajstić information content (AvgIpc) is 2.35. The Balaban J connectivity index is 2.09. The summed E-state index contributed by atoms with van der Waals surface area (Å²) in [6, 6.07) is 9.25. The van der Waals surface area contributed by atoms with Gasteiger partial charge in [0.1, 0.15) is 0 Å². The molecule has 1 aromatic rings. The van der Waals surface area contributed by atoms with E-state index >= 15 is 0 Å². The average molecular weight is 232 g/mol. The van der Waals surface area contributed by atoms with Gasteiger partial charge >= 0.3 is 0 Å². The molecule has 0 aromatic heterocycles. The highest BCUT2D eigenvalue weighted by molar-refractivity contribution is 5.26. The van der Waals surface area contributed by atoms with Crippen LogP contribution in [0.3, 0.4) is 0 Å². The summed E-state index contributed by atoms with van der Waals surface area (Å²) < 4.78 is 0. The number of hydrogen-bond acceptors (Lipinski definition) is 2. The smallest absolute Gasteiger partial charge is 0.0239 e. The number of benzene rings is 1. The summed E-state index contributed by atoms with van der Waals surface area (Å²) in [5.74, 6) is 0.814. The summed E-state index contributed by atoms with van der Waals surface area (Å²) in [6.45, 7) is 7.65. The van der Waals surface area contributed by atoms with Crippen molar-refractivity contribution in [3.05, 3.63) is 35.4 Å². The Morgan fingerprint density at radius 2 is 1.94 bits per heavy atom. The zero-order valence-electron chi connectivity index (χ0n) is 11.0. The Morgan fingerprint density at radius 1 is 1.24 bits per heavy atom. The Bertz CT molecular complexity index is 362. The first-order valence-corrected chi connectivity index (χ1v) is 6.73. The highest BCUT2D eigenvalue weighted by Crippen LogP contribution is 2.25. The number of piperidine rings is 1. The number of hydrogen-bond donors (Lipinski definition) is 1. The second-order valence-corrected chi connectivity index (χ2v) is 5.30. The van der Waals surface area contributed by atoms with Gasteiger partial charge in [0.2, 0.25) is 0 Å². The molecule has 2 unspecified atom stereocenters. The zero-order chi connectivity index (χ0) is 12.3. The van der Waals surface area contributed by atoms with Crippen molar-refractivity contribution in [2.75, 3.05) is 6.54 Å². The third kappa shape index (κ3) is 2.88. The molecule has 0 aliphatic carbocycles. The molecule has 1 aliphatic heterocycles. The molecule has 2 nitrogen and oxygen atoms in total. The molecule has 0 amide bonds. The summed E-state index contributed by atoms with van der Waals surface area (Å²) in [6.07, 6.45) is 2.70. The second kappa shape index (κ2) is 5.65. The predicted octanol–water partition coefficient (Wildman–Crippen LogP) is 2.77. The number of likely N-dealkylation sites (tertiary alicyclic amines) is 1.